The first-order valence-electron chi connectivity index (χ1n) is 6.97. The van der Waals surface area contributed by atoms with Crippen LogP contribution >= 0.6 is 11.8 Å². The molecule has 1 atom stereocenters. The first kappa shape index (κ1) is 17.7. The number of ether oxygens (including phenoxy) is 1. The lowest BCUT2D eigenvalue weighted by Crippen LogP contribution is -2.31. The van der Waals surface area contributed by atoms with E-state index in [2.05, 4.69) is 4.74 Å². The van der Waals surface area contributed by atoms with Gasteiger partial charge < -0.3 is 9.64 Å². The molecule has 1 aromatic carbocycles. The second-order valence-electron chi connectivity index (χ2n) is 5.09. The van der Waals surface area contributed by atoms with Gasteiger partial charge in [0.1, 0.15) is 0 Å². The minimum Gasteiger partial charge on any atom is -0.468 e. The summed E-state index contributed by atoms with van der Waals surface area (Å²) in [5, 5.41) is 0.0242. The van der Waals surface area contributed by atoms with Crippen LogP contribution in [0.3, 0.4) is 0 Å². The molecule has 1 aromatic rings. The lowest BCUT2D eigenvalue weighted by atomic mass is 10.1. The maximum Gasteiger partial charge on any atom is 0.417 e. The van der Waals surface area contributed by atoms with Gasteiger partial charge in [0.25, 0.3) is 5.91 Å². The van der Waals surface area contributed by atoms with E-state index in [1.807, 2.05) is 0 Å². The molecule has 126 valence electrons. The molecule has 2 rings (SSSR count). The number of rotatable bonds is 4. The number of likely N-dealkylation sites (tertiary alicyclic amines) is 1. The second-order valence-corrected chi connectivity index (χ2v) is 6.38. The predicted octanol–water partition coefficient (Wildman–Crippen LogP) is 2.83. The molecule has 1 aliphatic rings. The average molecular weight is 347 g/mol. The number of thioether (sulfide) groups is 1. The van der Waals surface area contributed by atoms with Gasteiger partial charge in [-0.05, 0) is 18.6 Å². The fraction of sp³-hybridized carbons (Fsp3) is 0.467. The molecule has 1 saturated heterocycles. The van der Waals surface area contributed by atoms with Crippen molar-refractivity contribution in [2.45, 2.75) is 17.8 Å². The Labute approximate surface area is 136 Å². The molecule has 23 heavy (non-hydrogen) atoms. The van der Waals surface area contributed by atoms with E-state index in [-0.39, 0.29) is 22.5 Å². The number of benzene rings is 1. The fourth-order valence-corrected chi connectivity index (χ4v) is 3.43. The van der Waals surface area contributed by atoms with Gasteiger partial charge in [0.2, 0.25) is 0 Å². The third-order valence-electron chi connectivity index (χ3n) is 3.56. The van der Waals surface area contributed by atoms with Gasteiger partial charge in [-0.2, -0.15) is 13.2 Å². The molecular weight excluding hydrogens is 331 g/mol. The van der Waals surface area contributed by atoms with Crippen LogP contribution in [0.4, 0.5) is 13.2 Å². The number of esters is 1. The van der Waals surface area contributed by atoms with Crippen LogP contribution in [0.5, 0.6) is 0 Å². The molecule has 1 heterocycles. The van der Waals surface area contributed by atoms with Crippen LogP contribution in [0, 0.1) is 0 Å². The summed E-state index contributed by atoms with van der Waals surface area (Å²) >= 11 is 1.35. The minimum atomic E-state index is -4.56. The number of carbonyl (C=O) groups is 2. The largest absolute Gasteiger partial charge is 0.468 e. The first-order valence-corrected chi connectivity index (χ1v) is 8.01. The lowest BCUT2D eigenvalue weighted by molar-refractivity contribution is -0.138. The van der Waals surface area contributed by atoms with Crippen LogP contribution in [0.25, 0.3) is 0 Å². The molecule has 1 amide bonds. The van der Waals surface area contributed by atoms with Gasteiger partial charge in [0, 0.05) is 18.3 Å². The van der Waals surface area contributed by atoms with Crippen molar-refractivity contribution in [3.8, 4) is 0 Å². The van der Waals surface area contributed by atoms with Crippen molar-refractivity contribution in [3.05, 3.63) is 35.4 Å². The zero-order valence-corrected chi connectivity index (χ0v) is 13.2. The number of hydrogen-bond donors (Lipinski definition) is 0. The Hall–Kier alpha value is -1.70. The van der Waals surface area contributed by atoms with E-state index in [4.69, 9.17) is 0 Å². The highest BCUT2D eigenvalue weighted by molar-refractivity contribution is 8.00. The third-order valence-corrected chi connectivity index (χ3v) is 4.82. The summed E-state index contributed by atoms with van der Waals surface area (Å²) < 4.78 is 43.5. The van der Waals surface area contributed by atoms with E-state index in [1.54, 1.807) is 0 Å². The van der Waals surface area contributed by atoms with Gasteiger partial charge >= 0.3 is 12.1 Å². The molecule has 1 aliphatic heterocycles. The van der Waals surface area contributed by atoms with Crippen molar-refractivity contribution < 1.29 is 27.5 Å². The van der Waals surface area contributed by atoms with Crippen molar-refractivity contribution in [3.63, 3.8) is 0 Å². The lowest BCUT2D eigenvalue weighted by Gasteiger charge is -2.19. The van der Waals surface area contributed by atoms with Crippen LogP contribution in [0.1, 0.15) is 22.3 Å². The van der Waals surface area contributed by atoms with Crippen molar-refractivity contribution in [1.29, 1.82) is 0 Å². The van der Waals surface area contributed by atoms with E-state index >= 15 is 0 Å². The van der Waals surface area contributed by atoms with Gasteiger partial charge in [-0.25, -0.2) is 0 Å². The summed E-state index contributed by atoms with van der Waals surface area (Å²) in [5.41, 5.74) is -1.26. The number of amides is 1. The van der Waals surface area contributed by atoms with Gasteiger partial charge in [-0.1, -0.05) is 12.1 Å². The summed E-state index contributed by atoms with van der Waals surface area (Å²) in [6.45, 7) is 0.705. The van der Waals surface area contributed by atoms with E-state index in [9.17, 15) is 22.8 Å². The molecule has 1 unspecified atom stereocenters. The third kappa shape index (κ3) is 4.40. The number of methoxy groups -OCH3 is 1. The second kappa shape index (κ2) is 7.25. The Balaban J connectivity index is 2.04. The smallest absolute Gasteiger partial charge is 0.417 e. The molecule has 4 nitrogen and oxygen atoms in total. The van der Waals surface area contributed by atoms with Crippen molar-refractivity contribution >= 4 is 23.6 Å². The zero-order chi connectivity index (χ0) is 17.0. The van der Waals surface area contributed by atoms with Crippen molar-refractivity contribution in [2.75, 3.05) is 26.0 Å². The predicted molar refractivity (Wildman–Crippen MR) is 80.2 cm³/mol. The van der Waals surface area contributed by atoms with E-state index < -0.39 is 17.6 Å². The summed E-state index contributed by atoms with van der Waals surface area (Å²) in [4.78, 5) is 24.9. The quantitative estimate of drug-likeness (QED) is 0.786. The van der Waals surface area contributed by atoms with Gasteiger partial charge in [0.05, 0.1) is 24.0 Å². The molecule has 0 radical (unpaired) electrons. The topological polar surface area (TPSA) is 46.6 Å². The number of carbonyl (C=O) groups excluding carboxylic acids is 2. The standard InChI is InChI=1S/C15H16F3NO3S/c1-22-13(20)9-23-10-6-7-19(8-10)14(21)11-4-2-3-5-12(11)15(16,17)18/h2-5,10H,6-9H2,1H3. The molecule has 0 saturated carbocycles. The van der Waals surface area contributed by atoms with Crippen molar-refractivity contribution in [2.24, 2.45) is 0 Å². The maximum absolute atomic E-state index is 13.0. The summed E-state index contributed by atoms with van der Waals surface area (Å²) in [5.74, 6) is -0.816. The van der Waals surface area contributed by atoms with Gasteiger partial charge in [-0.15, -0.1) is 11.8 Å². The Morgan fingerprint density at radius 1 is 1.35 bits per heavy atom. The van der Waals surface area contributed by atoms with Crippen molar-refractivity contribution in [1.82, 2.24) is 4.90 Å². The van der Waals surface area contributed by atoms with Gasteiger partial charge in [0.15, 0.2) is 0 Å². The monoisotopic (exact) mass is 347 g/mol. The minimum absolute atomic E-state index is 0.0242. The number of nitrogens with zero attached hydrogens (tertiary/aromatic N) is 1. The number of alkyl halides is 3. The Morgan fingerprint density at radius 2 is 2.04 bits per heavy atom. The van der Waals surface area contributed by atoms with E-state index in [0.29, 0.717) is 19.5 Å². The first-order chi connectivity index (χ1) is 10.8. The Kier molecular flexibility index (Phi) is 5.56. The Bertz CT molecular complexity index is 592. The SMILES string of the molecule is COC(=O)CSC1CCN(C(=O)c2ccccc2C(F)(F)F)C1. The zero-order valence-electron chi connectivity index (χ0n) is 12.4. The molecule has 1 fully saturated rings. The van der Waals surface area contributed by atoms with Crippen LogP contribution in [-0.2, 0) is 15.7 Å². The summed E-state index contributed by atoms with van der Waals surface area (Å²) in [6.07, 6.45) is -3.92. The van der Waals surface area contributed by atoms with E-state index in [0.717, 1.165) is 6.07 Å². The summed E-state index contributed by atoms with van der Waals surface area (Å²) in [6, 6.07) is 4.79. The Morgan fingerprint density at radius 3 is 2.70 bits per heavy atom. The number of hydrogen-bond acceptors (Lipinski definition) is 4. The normalized spacial score (nSPS) is 18.1. The molecule has 8 heteroatoms. The van der Waals surface area contributed by atoms with E-state index in [1.165, 1.54) is 42.0 Å². The molecular formula is C15H16F3NO3S. The highest BCUT2D eigenvalue weighted by Crippen LogP contribution is 2.33. The molecule has 0 spiro atoms. The molecule has 0 bridgehead atoms. The van der Waals surface area contributed by atoms with Crippen LogP contribution in [-0.4, -0.2) is 48.0 Å². The van der Waals surface area contributed by atoms with Crippen LogP contribution in [0.2, 0.25) is 0 Å². The summed E-state index contributed by atoms with van der Waals surface area (Å²) in [7, 11) is 1.29. The molecule has 0 aromatic heterocycles. The van der Waals surface area contributed by atoms with Gasteiger partial charge in [-0.3, -0.25) is 9.59 Å². The van der Waals surface area contributed by atoms with Crippen LogP contribution in [0.15, 0.2) is 24.3 Å². The number of halogens is 3. The molecule has 0 N–H and O–H groups in total. The average Bonchev–Trinajstić information content (AvgIpc) is 3.00. The molecule has 0 aliphatic carbocycles. The maximum atomic E-state index is 13.0. The highest BCUT2D eigenvalue weighted by atomic mass is 32.2. The highest BCUT2D eigenvalue weighted by Gasteiger charge is 2.37. The van der Waals surface area contributed by atoms with Crippen LogP contribution < -0.4 is 0 Å². The fourth-order valence-electron chi connectivity index (χ4n) is 2.38.